The molecule has 2 aromatic carbocycles. The van der Waals surface area contributed by atoms with Crippen LogP contribution in [0.25, 0.3) is 10.1 Å². The standard InChI is InChI=1S/C21H22N2O3S/c1-14(15-8-4-3-5-9-15)23-20(25)19(24)22-13-21(2,26)18-12-16-10-6-7-11-17(16)27-18/h3-12,14,26H,13H2,1-2H3,(H,22,24)(H,23,25)/t14-,21-/m1/s1. The van der Waals surface area contributed by atoms with Gasteiger partial charge in [0.25, 0.3) is 0 Å². The van der Waals surface area contributed by atoms with Crippen molar-refractivity contribution in [1.29, 1.82) is 0 Å². The van der Waals surface area contributed by atoms with Crippen LogP contribution in [-0.2, 0) is 15.2 Å². The zero-order valence-electron chi connectivity index (χ0n) is 15.2. The molecule has 2 amide bonds. The van der Waals surface area contributed by atoms with E-state index in [1.54, 1.807) is 6.92 Å². The molecule has 5 nitrogen and oxygen atoms in total. The summed E-state index contributed by atoms with van der Waals surface area (Å²) in [6.45, 7) is 3.39. The molecule has 0 saturated carbocycles. The second-order valence-electron chi connectivity index (χ2n) is 6.71. The summed E-state index contributed by atoms with van der Waals surface area (Å²) in [5, 5.41) is 17.0. The fourth-order valence-electron chi connectivity index (χ4n) is 2.75. The Morgan fingerprint density at radius 2 is 1.74 bits per heavy atom. The number of hydrogen-bond acceptors (Lipinski definition) is 4. The van der Waals surface area contributed by atoms with Crippen molar-refractivity contribution in [2.24, 2.45) is 0 Å². The van der Waals surface area contributed by atoms with E-state index in [4.69, 9.17) is 0 Å². The molecule has 0 aliphatic rings. The molecule has 140 valence electrons. The SMILES string of the molecule is C[C@@H](NC(=O)C(=O)NC[C@@](C)(O)c1cc2ccccc2s1)c1ccccc1. The minimum atomic E-state index is -1.26. The molecule has 0 aliphatic heterocycles. The van der Waals surface area contributed by atoms with E-state index in [1.807, 2.05) is 67.6 Å². The Bertz CT molecular complexity index is 917. The monoisotopic (exact) mass is 382 g/mol. The second kappa shape index (κ2) is 7.90. The van der Waals surface area contributed by atoms with Crippen molar-refractivity contribution in [1.82, 2.24) is 10.6 Å². The second-order valence-corrected chi connectivity index (χ2v) is 7.79. The first-order chi connectivity index (χ1) is 12.9. The summed E-state index contributed by atoms with van der Waals surface area (Å²) in [5.74, 6) is -1.49. The number of fused-ring (bicyclic) bond motifs is 1. The van der Waals surface area contributed by atoms with Gasteiger partial charge in [0.1, 0.15) is 5.60 Å². The van der Waals surface area contributed by atoms with E-state index >= 15 is 0 Å². The van der Waals surface area contributed by atoms with E-state index < -0.39 is 17.4 Å². The van der Waals surface area contributed by atoms with Gasteiger partial charge in [-0.15, -0.1) is 11.3 Å². The predicted molar refractivity (Wildman–Crippen MR) is 107 cm³/mol. The van der Waals surface area contributed by atoms with E-state index in [0.717, 1.165) is 20.5 Å². The largest absolute Gasteiger partial charge is 0.383 e. The Kier molecular flexibility index (Phi) is 5.58. The Morgan fingerprint density at radius 1 is 1.07 bits per heavy atom. The number of thiophene rings is 1. The third-order valence-corrected chi connectivity index (χ3v) is 5.77. The Morgan fingerprint density at radius 3 is 2.44 bits per heavy atom. The predicted octanol–water partition coefficient (Wildman–Crippen LogP) is 3.10. The molecule has 3 aromatic rings. The summed E-state index contributed by atoms with van der Waals surface area (Å²) in [5.41, 5.74) is -0.346. The molecule has 1 aromatic heterocycles. The van der Waals surface area contributed by atoms with Crippen LogP contribution >= 0.6 is 11.3 Å². The Labute approximate surface area is 162 Å². The topological polar surface area (TPSA) is 78.4 Å². The maximum atomic E-state index is 12.1. The molecule has 0 radical (unpaired) electrons. The number of aliphatic hydroxyl groups is 1. The van der Waals surface area contributed by atoms with Gasteiger partial charge in [-0.1, -0.05) is 48.5 Å². The highest BCUT2D eigenvalue weighted by molar-refractivity contribution is 7.19. The van der Waals surface area contributed by atoms with Crippen molar-refractivity contribution in [3.63, 3.8) is 0 Å². The summed E-state index contributed by atoms with van der Waals surface area (Å²) in [7, 11) is 0. The molecule has 0 unspecified atom stereocenters. The molecule has 0 aliphatic carbocycles. The first-order valence-corrected chi connectivity index (χ1v) is 9.53. The van der Waals surface area contributed by atoms with Crippen LogP contribution in [0.3, 0.4) is 0 Å². The molecule has 1 heterocycles. The van der Waals surface area contributed by atoms with Gasteiger partial charge in [0.05, 0.1) is 12.6 Å². The lowest BCUT2D eigenvalue weighted by Crippen LogP contribution is -2.45. The number of nitrogens with one attached hydrogen (secondary N) is 2. The normalized spacial score (nSPS) is 14.3. The highest BCUT2D eigenvalue weighted by atomic mass is 32.1. The number of amides is 2. The van der Waals surface area contributed by atoms with E-state index in [2.05, 4.69) is 10.6 Å². The summed E-state index contributed by atoms with van der Waals surface area (Å²) >= 11 is 1.47. The molecule has 3 N–H and O–H groups in total. The quantitative estimate of drug-likeness (QED) is 0.594. The first-order valence-electron chi connectivity index (χ1n) is 8.72. The highest BCUT2D eigenvalue weighted by Gasteiger charge is 2.27. The van der Waals surface area contributed by atoms with Crippen LogP contribution in [-0.4, -0.2) is 23.5 Å². The summed E-state index contributed by atoms with van der Waals surface area (Å²) in [6, 6.07) is 18.9. The van der Waals surface area contributed by atoms with Gasteiger partial charge in [0.2, 0.25) is 0 Å². The molecule has 0 spiro atoms. The minimum Gasteiger partial charge on any atom is -0.383 e. The smallest absolute Gasteiger partial charge is 0.309 e. The van der Waals surface area contributed by atoms with E-state index in [9.17, 15) is 14.7 Å². The average Bonchev–Trinajstić information content (AvgIpc) is 3.12. The van der Waals surface area contributed by atoms with Crippen molar-refractivity contribution in [2.75, 3.05) is 6.54 Å². The van der Waals surface area contributed by atoms with Gasteiger partial charge in [-0.05, 0) is 36.9 Å². The lowest BCUT2D eigenvalue weighted by molar-refractivity contribution is -0.140. The van der Waals surface area contributed by atoms with E-state index in [0.29, 0.717) is 0 Å². The molecule has 0 fully saturated rings. The van der Waals surface area contributed by atoms with Crippen LogP contribution in [0, 0.1) is 0 Å². The van der Waals surface area contributed by atoms with Gasteiger partial charge < -0.3 is 15.7 Å². The molecule has 2 atom stereocenters. The summed E-state index contributed by atoms with van der Waals surface area (Å²) in [6.07, 6.45) is 0. The van der Waals surface area contributed by atoms with Crippen LogP contribution in [0.4, 0.5) is 0 Å². The maximum Gasteiger partial charge on any atom is 0.309 e. The number of rotatable bonds is 5. The van der Waals surface area contributed by atoms with Gasteiger partial charge >= 0.3 is 11.8 Å². The van der Waals surface area contributed by atoms with Gasteiger partial charge in [-0.25, -0.2) is 0 Å². The molecule has 6 heteroatoms. The van der Waals surface area contributed by atoms with Crippen LogP contribution in [0.2, 0.25) is 0 Å². The van der Waals surface area contributed by atoms with Crippen molar-refractivity contribution in [3.05, 3.63) is 71.1 Å². The van der Waals surface area contributed by atoms with Gasteiger partial charge in [0.15, 0.2) is 0 Å². The number of carbonyl (C=O) groups excluding carboxylic acids is 2. The zero-order chi connectivity index (χ0) is 19.4. The van der Waals surface area contributed by atoms with E-state index in [1.165, 1.54) is 11.3 Å². The van der Waals surface area contributed by atoms with Crippen molar-refractivity contribution < 1.29 is 14.7 Å². The molecular weight excluding hydrogens is 360 g/mol. The molecule has 27 heavy (non-hydrogen) atoms. The lowest BCUT2D eigenvalue weighted by Gasteiger charge is -2.22. The van der Waals surface area contributed by atoms with Crippen molar-refractivity contribution >= 4 is 33.2 Å². The number of carbonyl (C=O) groups is 2. The average molecular weight is 382 g/mol. The van der Waals surface area contributed by atoms with Crippen molar-refractivity contribution in [2.45, 2.75) is 25.5 Å². The maximum absolute atomic E-state index is 12.1. The zero-order valence-corrected chi connectivity index (χ0v) is 16.0. The molecule has 3 rings (SSSR count). The summed E-state index contributed by atoms with van der Waals surface area (Å²) in [4.78, 5) is 25.0. The Balaban J connectivity index is 1.59. The number of hydrogen-bond donors (Lipinski definition) is 3. The fourth-order valence-corrected chi connectivity index (χ4v) is 3.86. The number of benzene rings is 2. The third kappa shape index (κ3) is 4.53. The summed E-state index contributed by atoms with van der Waals surface area (Å²) < 4.78 is 1.06. The van der Waals surface area contributed by atoms with E-state index in [-0.39, 0.29) is 12.6 Å². The minimum absolute atomic E-state index is 0.0498. The van der Waals surface area contributed by atoms with Gasteiger partial charge in [-0.3, -0.25) is 9.59 Å². The highest BCUT2D eigenvalue weighted by Crippen LogP contribution is 2.32. The lowest BCUT2D eigenvalue weighted by atomic mass is 10.0. The fraction of sp³-hybridized carbons (Fsp3) is 0.238. The van der Waals surface area contributed by atoms with Crippen LogP contribution in [0.15, 0.2) is 60.7 Å². The van der Waals surface area contributed by atoms with Gasteiger partial charge in [0, 0.05) is 9.58 Å². The first kappa shape index (κ1) is 19.1. The molecule has 0 bridgehead atoms. The van der Waals surface area contributed by atoms with Crippen LogP contribution < -0.4 is 10.6 Å². The molecule has 0 saturated heterocycles. The Hall–Kier alpha value is -2.70. The van der Waals surface area contributed by atoms with Crippen LogP contribution in [0.5, 0.6) is 0 Å². The molecular formula is C21H22N2O3S. The van der Waals surface area contributed by atoms with Crippen molar-refractivity contribution in [3.8, 4) is 0 Å². The van der Waals surface area contributed by atoms with Gasteiger partial charge in [-0.2, -0.15) is 0 Å². The van der Waals surface area contributed by atoms with Crippen LogP contribution in [0.1, 0.15) is 30.3 Å². The third-order valence-electron chi connectivity index (χ3n) is 4.40.